The summed E-state index contributed by atoms with van der Waals surface area (Å²) in [4.78, 5) is 22.9. The molecule has 0 saturated heterocycles. The van der Waals surface area contributed by atoms with Crippen molar-refractivity contribution in [2.75, 3.05) is 13.7 Å². The van der Waals surface area contributed by atoms with Crippen LogP contribution in [0, 0.1) is 0 Å². The smallest absolute Gasteiger partial charge is 0.419 e. The van der Waals surface area contributed by atoms with Crippen molar-refractivity contribution in [2.45, 2.75) is 39.2 Å². The molecule has 8 nitrogen and oxygen atoms in total. The number of methoxy groups -OCH3 is 1. The second-order valence-electron chi connectivity index (χ2n) is 8.13. The third-order valence-corrected chi connectivity index (χ3v) is 4.75. The molecule has 0 fully saturated rings. The van der Waals surface area contributed by atoms with Crippen LogP contribution in [-0.2, 0) is 22.3 Å². The van der Waals surface area contributed by atoms with E-state index in [-0.39, 0.29) is 18.8 Å². The zero-order valence-electron chi connectivity index (χ0n) is 19.1. The molecule has 0 aliphatic rings. The lowest BCUT2D eigenvalue weighted by atomic mass is 10.0. The number of halogens is 3. The van der Waals surface area contributed by atoms with E-state index in [1.54, 1.807) is 26.0 Å². The van der Waals surface area contributed by atoms with E-state index < -0.39 is 29.2 Å². The summed E-state index contributed by atoms with van der Waals surface area (Å²) in [6, 6.07) is 5.29. The van der Waals surface area contributed by atoms with Gasteiger partial charge in [0.15, 0.2) is 11.2 Å². The maximum absolute atomic E-state index is 14.0. The van der Waals surface area contributed by atoms with Crippen LogP contribution in [0.25, 0.3) is 22.3 Å². The van der Waals surface area contributed by atoms with Crippen LogP contribution in [0.1, 0.15) is 32.2 Å². The van der Waals surface area contributed by atoms with Gasteiger partial charge in [-0.05, 0) is 50.6 Å². The van der Waals surface area contributed by atoms with Crippen LogP contribution in [0.4, 0.5) is 18.0 Å². The second-order valence-corrected chi connectivity index (χ2v) is 8.13. The Morgan fingerprint density at radius 1 is 1.24 bits per heavy atom. The molecule has 34 heavy (non-hydrogen) atoms. The number of fused-ring (bicyclic) bond motifs is 1. The van der Waals surface area contributed by atoms with E-state index in [1.807, 2.05) is 0 Å². The minimum absolute atomic E-state index is 0.203. The van der Waals surface area contributed by atoms with Crippen LogP contribution < -0.4 is 10.5 Å². The number of hydrogen-bond donors (Lipinski definition) is 2. The van der Waals surface area contributed by atoms with E-state index in [1.165, 1.54) is 32.4 Å². The molecule has 0 spiro atoms. The van der Waals surface area contributed by atoms with Gasteiger partial charge in [-0.2, -0.15) is 13.2 Å². The molecular formula is C23H25F3N4O4. The lowest BCUT2D eigenvalue weighted by molar-refractivity contribution is -0.139. The Morgan fingerprint density at radius 2 is 1.97 bits per heavy atom. The molecule has 3 rings (SSSR count). The lowest BCUT2D eigenvalue weighted by Crippen LogP contribution is -2.38. The van der Waals surface area contributed by atoms with Crippen molar-refractivity contribution >= 4 is 17.3 Å². The second kappa shape index (κ2) is 9.72. The summed E-state index contributed by atoms with van der Waals surface area (Å²) < 4.78 is 57.5. The number of primary amides is 1. The Labute approximate surface area is 193 Å². The van der Waals surface area contributed by atoms with Gasteiger partial charge in [0, 0.05) is 18.9 Å². The predicted molar refractivity (Wildman–Crippen MR) is 119 cm³/mol. The molecule has 182 valence electrons. The molecule has 0 saturated carbocycles. The summed E-state index contributed by atoms with van der Waals surface area (Å²) in [5.41, 5.74) is 5.15. The zero-order chi connectivity index (χ0) is 25.1. The van der Waals surface area contributed by atoms with Crippen molar-refractivity contribution in [3.63, 3.8) is 0 Å². The lowest BCUT2D eigenvalue weighted by Gasteiger charge is -2.27. The summed E-state index contributed by atoms with van der Waals surface area (Å²) >= 11 is 0. The highest BCUT2D eigenvalue weighted by molar-refractivity contribution is 5.90. The van der Waals surface area contributed by atoms with E-state index in [0.717, 1.165) is 11.6 Å². The van der Waals surface area contributed by atoms with Crippen LogP contribution in [0.3, 0.4) is 0 Å². The number of carbonyl (C=O) groups is 1. The highest BCUT2D eigenvalue weighted by Gasteiger charge is 2.36. The summed E-state index contributed by atoms with van der Waals surface area (Å²) in [5.74, 6) is 0.0894. The van der Waals surface area contributed by atoms with Gasteiger partial charge in [0.2, 0.25) is 0 Å². The van der Waals surface area contributed by atoms with Gasteiger partial charge < -0.3 is 24.9 Å². The van der Waals surface area contributed by atoms with Gasteiger partial charge in [0.25, 0.3) is 0 Å². The van der Waals surface area contributed by atoms with Gasteiger partial charge in [-0.1, -0.05) is 11.6 Å². The van der Waals surface area contributed by atoms with Crippen LogP contribution >= 0.6 is 0 Å². The third kappa shape index (κ3) is 5.84. The summed E-state index contributed by atoms with van der Waals surface area (Å²) in [6.45, 7) is 4.83. The van der Waals surface area contributed by atoms with E-state index in [4.69, 9.17) is 19.9 Å². The first-order valence-corrected chi connectivity index (χ1v) is 10.2. The van der Waals surface area contributed by atoms with Crippen molar-refractivity contribution in [3.05, 3.63) is 53.5 Å². The molecule has 1 unspecified atom stereocenters. The summed E-state index contributed by atoms with van der Waals surface area (Å²) in [6.07, 6.45) is -2.73. The van der Waals surface area contributed by atoms with Crippen LogP contribution in [0.5, 0.6) is 5.75 Å². The highest BCUT2D eigenvalue weighted by Crippen LogP contribution is 2.40. The molecule has 1 atom stereocenters. The topological polar surface area (TPSA) is 112 Å². The van der Waals surface area contributed by atoms with E-state index >= 15 is 0 Å². The van der Waals surface area contributed by atoms with Crippen LogP contribution in [-0.4, -0.2) is 40.4 Å². The first kappa shape index (κ1) is 25.0. The molecule has 3 N–H and O–H groups in total. The minimum Gasteiger partial charge on any atom is -0.488 e. The molecule has 0 aliphatic carbocycles. The molecule has 1 amide bonds. The Bertz CT molecular complexity index is 1220. The number of allylic oxidation sites excluding steroid dienone is 1. The van der Waals surface area contributed by atoms with Gasteiger partial charge in [0.05, 0.1) is 5.56 Å². The number of aromatic amines is 1. The van der Waals surface area contributed by atoms with Crippen LogP contribution in [0.2, 0.25) is 0 Å². The minimum atomic E-state index is -4.71. The van der Waals surface area contributed by atoms with E-state index in [2.05, 4.69) is 15.0 Å². The normalized spacial score (nSPS) is 13.4. The molecule has 3 aromatic rings. The fourth-order valence-corrected chi connectivity index (χ4v) is 3.60. The fraction of sp³-hybridized carbons (Fsp3) is 0.348. The number of ether oxygens (including phenoxy) is 3. The Balaban J connectivity index is 2.01. The number of nitrogens with zero attached hydrogens (tertiary/aromatic N) is 2. The van der Waals surface area contributed by atoms with Gasteiger partial charge >= 0.3 is 12.3 Å². The number of H-pyrrole nitrogens is 1. The van der Waals surface area contributed by atoms with Crippen molar-refractivity contribution in [1.82, 2.24) is 15.0 Å². The van der Waals surface area contributed by atoms with Crippen molar-refractivity contribution < 1.29 is 32.2 Å². The van der Waals surface area contributed by atoms with E-state index in [9.17, 15) is 18.0 Å². The van der Waals surface area contributed by atoms with Gasteiger partial charge in [0.1, 0.15) is 30.3 Å². The first-order chi connectivity index (χ1) is 15.9. The average Bonchev–Trinajstić information content (AvgIpc) is 3.13. The van der Waals surface area contributed by atoms with Crippen LogP contribution in [0.15, 0.2) is 42.1 Å². The quantitative estimate of drug-likeness (QED) is 0.441. The molecular weight excluding hydrogens is 453 g/mol. The molecule has 11 heteroatoms. The summed E-state index contributed by atoms with van der Waals surface area (Å²) in [7, 11) is 1.51. The Hall–Kier alpha value is -3.60. The Kier molecular flexibility index (Phi) is 7.15. The van der Waals surface area contributed by atoms with E-state index in [0.29, 0.717) is 22.6 Å². The maximum atomic E-state index is 14.0. The predicted octanol–water partition coefficient (Wildman–Crippen LogP) is 4.99. The van der Waals surface area contributed by atoms with Crippen molar-refractivity contribution in [2.24, 2.45) is 5.73 Å². The average molecular weight is 478 g/mol. The number of hydrogen-bond acceptors (Lipinski definition) is 6. The Morgan fingerprint density at radius 3 is 2.59 bits per heavy atom. The molecule has 0 bridgehead atoms. The number of rotatable bonds is 8. The van der Waals surface area contributed by atoms with Crippen molar-refractivity contribution in [3.8, 4) is 16.9 Å². The first-order valence-electron chi connectivity index (χ1n) is 10.2. The SMILES string of the molecule is COCc1nc2c(-c3ccc(OCC(C)(C=C(C)C)OC(N)=O)c(C(F)(F)F)c3)ccnc2[nH]1. The van der Waals surface area contributed by atoms with Gasteiger partial charge in [-0.15, -0.1) is 0 Å². The molecule has 0 aliphatic heterocycles. The summed E-state index contributed by atoms with van der Waals surface area (Å²) in [5, 5.41) is 0. The number of nitrogens with two attached hydrogens (primary N) is 1. The number of nitrogens with one attached hydrogen (secondary N) is 1. The number of aromatic nitrogens is 3. The number of pyridine rings is 1. The largest absolute Gasteiger partial charge is 0.488 e. The third-order valence-electron chi connectivity index (χ3n) is 4.75. The molecule has 2 aromatic heterocycles. The standard InChI is InChI=1S/C23H25F3N4O4/c1-13(2)10-22(3,34-21(27)31)12-33-17-6-5-14(9-16(17)23(24,25)26)15-7-8-28-20-19(15)29-18(30-20)11-32-4/h5-10H,11-12H2,1-4H3,(H2,27,31)(H,28,29,30). The zero-order valence-corrected chi connectivity index (χ0v) is 19.1. The number of imidazole rings is 1. The number of amides is 1. The maximum Gasteiger partial charge on any atom is 0.419 e. The number of carbonyl (C=O) groups excluding carboxylic acids is 1. The van der Waals surface area contributed by atoms with Gasteiger partial charge in [-0.3, -0.25) is 0 Å². The molecule has 1 aromatic carbocycles. The highest BCUT2D eigenvalue weighted by atomic mass is 19.4. The molecule has 2 heterocycles. The number of benzene rings is 1. The van der Waals surface area contributed by atoms with Gasteiger partial charge in [-0.25, -0.2) is 14.8 Å². The molecule has 0 radical (unpaired) electrons. The monoisotopic (exact) mass is 478 g/mol. The fourth-order valence-electron chi connectivity index (χ4n) is 3.60. The number of alkyl halides is 3. The van der Waals surface area contributed by atoms with Crippen molar-refractivity contribution in [1.29, 1.82) is 0 Å².